The number of ether oxygens (including phenoxy) is 1. The van der Waals surface area contributed by atoms with Gasteiger partial charge in [-0.15, -0.1) is 0 Å². The first-order valence-corrected chi connectivity index (χ1v) is 6.37. The topological polar surface area (TPSA) is 55.6 Å². The molecule has 1 heterocycles. The van der Waals surface area contributed by atoms with Crippen molar-refractivity contribution in [2.24, 2.45) is 5.73 Å². The maximum atomic E-state index is 11.8. The summed E-state index contributed by atoms with van der Waals surface area (Å²) in [5, 5.41) is 0. The molecule has 4 nitrogen and oxygen atoms in total. The Morgan fingerprint density at radius 3 is 2.62 bits per heavy atom. The van der Waals surface area contributed by atoms with E-state index < -0.39 is 0 Å². The van der Waals surface area contributed by atoms with Crippen LogP contribution in [0.2, 0.25) is 0 Å². The number of unbranched alkanes of at least 4 members (excludes halogenated alkanes) is 1. The van der Waals surface area contributed by atoms with Gasteiger partial charge in [0.15, 0.2) is 0 Å². The van der Waals surface area contributed by atoms with Crippen molar-refractivity contribution < 1.29 is 9.53 Å². The fraction of sp³-hybridized carbons (Fsp3) is 0.917. The van der Waals surface area contributed by atoms with Crippen LogP contribution in [0, 0.1) is 0 Å². The number of rotatable bonds is 6. The summed E-state index contributed by atoms with van der Waals surface area (Å²) in [4.78, 5) is 13.7. The lowest BCUT2D eigenvalue weighted by molar-refractivity contribution is -0.133. The molecule has 1 aliphatic heterocycles. The maximum Gasteiger partial charge on any atom is 0.222 e. The quantitative estimate of drug-likeness (QED) is 0.694. The molecule has 0 spiro atoms. The molecule has 0 atom stereocenters. The van der Waals surface area contributed by atoms with E-state index in [9.17, 15) is 4.79 Å². The summed E-state index contributed by atoms with van der Waals surface area (Å²) in [6.07, 6.45) is 4.84. The fourth-order valence-electron chi connectivity index (χ4n) is 2.09. The van der Waals surface area contributed by atoms with Crippen LogP contribution in [-0.2, 0) is 9.53 Å². The largest absolute Gasteiger partial charge is 0.378 e. The minimum atomic E-state index is 0.281. The number of amides is 1. The summed E-state index contributed by atoms with van der Waals surface area (Å²) >= 11 is 0. The number of nitrogens with zero attached hydrogens (tertiary/aromatic N) is 1. The number of piperidine rings is 1. The van der Waals surface area contributed by atoms with E-state index in [1.54, 1.807) is 0 Å². The van der Waals surface area contributed by atoms with Crippen molar-refractivity contribution in [3.05, 3.63) is 0 Å². The highest BCUT2D eigenvalue weighted by Gasteiger charge is 2.22. The van der Waals surface area contributed by atoms with E-state index in [0.717, 1.165) is 45.4 Å². The second-order valence-electron chi connectivity index (χ2n) is 4.28. The van der Waals surface area contributed by atoms with Gasteiger partial charge in [0, 0.05) is 26.1 Å². The second kappa shape index (κ2) is 7.63. The van der Waals surface area contributed by atoms with Gasteiger partial charge in [-0.1, -0.05) is 0 Å². The average Bonchev–Trinajstić information content (AvgIpc) is 2.30. The predicted molar refractivity (Wildman–Crippen MR) is 64.1 cm³/mol. The minimum absolute atomic E-state index is 0.281. The Morgan fingerprint density at radius 2 is 2.06 bits per heavy atom. The first kappa shape index (κ1) is 13.5. The third kappa shape index (κ3) is 4.49. The van der Waals surface area contributed by atoms with E-state index in [0.29, 0.717) is 19.1 Å². The molecule has 1 amide bonds. The van der Waals surface area contributed by atoms with Gasteiger partial charge >= 0.3 is 0 Å². The SMILES string of the molecule is CCOC1CCN(C(=O)CCCCN)CC1. The molecule has 1 rings (SSSR count). The summed E-state index contributed by atoms with van der Waals surface area (Å²) < 4.78 is 5.55. The molecule has 0 aromatic heterocycles. The monoisotopic (exact) mass is 228 g/mol. The predicted octanol–water partition coefficient (Wildman–Crippen LogP) is 1.14. The van der Waals surface area contributed by atoms with Gasteiger partial charge in [-0.2, -0.15) is 0 Å². The van der Waals surface area contributed by atoms with E-state index in [1.165, 1.54) is 0 Å². The van der Waals surface area contributed by atoms with Crippen molar-refractivity contribution in [2.75, 3.05) is 26.2 Å². The third-order valence-corrected chi connectivity index (χ3v) is 3.04. The van der Waals surface area contributed by atoms with Crippen LogP contribution in [0.5, 0.6) is 0 Å². The molecule has 0 unspecified atom stereocenters. The molecule has 94 valence electrons. The summed E-state index contributed by atoms with van der Waals surface area (Å²) in [6.45, 7) is 5.18. The molecule has 0 saturated carbocycles. The highest BCUT2D eigenvalue weighted by atomic mass is 16.5. The summed E-state index contributed by atoms with van der Waals surface area (Å²) in [5.41, 5.74) is 5.40. The van der Waals surface area contributed by atoms with E-state index in [1.807, 2.05) is 11.8 Å². The standard InChI is InChI=1S/C12H24N2O2/c1-2-16-11-6-9-14(10-7-11)12(15)5-3-4-8-13/h11H,2-10,13H2,1H3. The summed E-state index contributed by atoms with van der Waals surface area (Å²) in [6, 6.07) is 0. The molecular weight excluding hydrogens is 204 g/mol. The van der Waals surface area contributed by atoms with Crippen LogP contribution in [0.3, 0.4) is 0 Å². The minimum Gasteiger partial charge on any atom is -0.378 e. The van der Waals surface area contributed by atoms with Gasteiger partial charge in [0.05, 0.1) is 6.10 Å². The Morgan fingerprint density at radius 1 is 1.38 bits per heavy atom. The highest BCUT2D eigenvalue weighted by molar-refractivity contribution is 5.76. The number of likely N-dealkylation sites (tertiary alicyclic amines) is 1. The van der Waals surface area contributed by atoms with Gasteiger partial charge in [0.2, 0.25) is 5.91 Å². The molecule has 1 fully saturated rings. The van der Waals surface area contributed by atoms with E-state index in [-0.39, 0.29) is 5.91 Å². The molecular formula is C12H24N2O2. The van der Waals surface area contributed by atoms with Gasteiger partial charge in [0.1, 0.15) is 0 Å². The Hall–Kier alpha value is -0.610. The van der Waals surface area contributed by atoms with E-state index in [4.69, 9.17) is 10.5 Å². The van der Waals surface area contributed by atoms with Crippen molar-refractivity contribution in [3.63, 3.8) is 0 Å². The lowest BCUT2D eigenvalue weighted by Crippen LogP contribution is -2.40. The molecule has 1 aliphatic rings. The molecule has 4 heteroatoms. The molecule has 0 radical (unpaired) electrons. The van der Waals surface area contributed by atoms with Crippen molar-refractivity contribution in [2.45, 2.75) is 45.1 Å². The summed E-state index contributed by atoms with van der Waals surface area (Å²) in [7, 11) is 0. The Balaban J connectivity index is 2.17. The van der Waals surface area contributed by atoms with Crippen molar-refractivity contribution in [1.29, 1.82) is 0 Å². The molecule has 0 aliphatic carbocycles. The van der Waals surface area contributed by atoms with Gasteiger partial charge in [-0.05, 0) is 39.2 Å². The number of carbonyl (C=O) groups is 1. The Bertz CT molecular complexity index is 201. The van der Waals surface area contributed by atoms with Gasteiger partial charge < -0.3 is 15.4 Å². The van der Waals surface area contributed by atoms with E-state index in [2.05, 4.69) is 0 Å². The maximum absolute atomic E-state index is 11.8. The van der Waals surface area contributed by atoms with Crippen LogP contribution in [0.1, 0.15) is 39.0 Å². The Kier molecular flexibility index (Phi) is 6.42. The third-order valence-electron chi connectivity index (χ3n) is 3.04. The van der Waals surface area contributed by atoms with E-state index >= 15 is 0 Å². The molecule has 0 aromatic rings. The fourth-order valence-corrected chi connectivity index (χ4v) is 2.09. The zero-order valence-electron chi connectivity index (χ0n) is 10.3. The normalized spacial score (nSPS) is 17.8. The zero-order chi connectivity index (χ0) is 11.8. The molecule has 0 bridgehead atoms. The van der Waals surface area contributed by atoms with Gasteiger partial charge in [-0.25, -0.2) is 0 Å². The first-order chi connectivity index (χ1) is 7.77. The van der Waals surface area contributed by atoms with Crippen LogP contribution in [0.15, 0.2) is 0 Å². The molecule has 2 N–H and O–H groups in total. The number of hydrogen-bond donors (Lipinski definition) is 1. The Labute approximate surface area is 98.1 Å². The van der Waals surface area contributed by atoms with Crippen LogP contribution in [0.4, 0.5) is 0 Å². The van der Waals surface area contributed by atoms with Crippen LogP contribution in [0.25, 0.3) is 0 Å². The van der Waals surface area contributed by atoms with Crippen LogP contribution >= 0.6 is 0 Å². The smallest absolute Gasteiger partial charge is 0.222 e. The molecule has 1 saturated heterocycles. The first-order valence-electron chi connectivity index (χ1n) is 6.37. The van der Waals surface area contributed by atoms with Crippen molar-refractivity contribution in [1.82, 2.24) is 4.90 Å². The lowest BCUT2D eigenvalue weighted by Gasteiger charge is -2.31. The number of nitrogens with two attached hydrogens (primary N) is 1. The van der Waals surface area contributed by atoms with Gasteiger partial charge in [-0.3, -0.25) is 4.79 Å². The number of hydrogen-bond acceptors (Lipinski definition) is 3. The lowest BCUT2D eigenvalue weighted by atomic mass is 10.1. The van der Waals surface area contributed by atoms with Crippen molar-refractivity contribution in [3.8, 4) is 0 Å². The number of carbonyl (C=O) groups excluding carboxylic acids is 1. The highest BCUT2D eigenvalue weighted by Crippen LogP contribution is 2.15. The van der Waals surface area contributed by atoms with Gasteiger partial charge in [0.25, 0.3) is 0 Å². The zero-order valence-corrected chi connectivity index (χ0v) is 10.3. The van der Waals surface area contributed by atoms with Crippen molar-refractivity contribution >= 4 is 5.91 Å². The average molecular weight is 228 g/mol. The van der Waals surface area contributed by atoms with Crippen LogP contribution in [-0.4, -0.2) is 43.2 Å². The molecule has 0 aromatic carbocycles. The second-order valence-corrected chi connectivity index (χ2v) is 4.28. The molecule has 16 heavy (non-hydrogen) atoms. The van der Waals surface area contributed by atoms with Crippen LogP contribution < -0.4 is 5.73 Å². The summed E-state index contributed by atoms with van der Waals surface area (Å²) in [5.74, 6) is 0.281.